The van der Waals surface area contributed by atoms with Crippen LogP contribution in [0.4, 0.5) is 0 Å². The Labute approximate surface area is 189 Å². The minimum Gasteiger partial charge on any atom is -0.492 e. The third-order valence-electron chi connectivity index (χ3n) is 6.08. The highest BCUT2D eigenvalue weighted by Gasteiger charge is 2.16. The molecule has 0 saturated heterocycles. The van der Waals surface area contributed by atoms with E-state index in [4.69, 9.17) is 9.47 Å². The molecule has 0 aliphatic rings. The second-order valence-corrected chi connectivity index (χ2v) is 7.79. The average molecular weight is 428 g/mol. The Bertz CT molecular complexity index is 1210. The molecule has 0 bridgehead atoms. The molecule has 0 spiro atoms. The lowest BCUT2D eigenvalue weighted by Crippen LogP contribution is -2.28. The number of benzene rings is 4. The molecule has 32 heavy (non-hydrogen) atoms. The predicted octanol–water partition coefficient (Wildman–Crippen LogP) is 5.84. The predicted molar refractivity (Wildman–Crippen MR) is 131 cm³/mol. The molecule has 4 aromatic rings. The Hall–Kier alpha value is -3.37. The van der Waals surface area contributed by atoms with E-state index in [0.29, 0.717) is 25.2 Å². The van der Waals surface area contributed by atoms with Crippen molar-refractivity contribution in [2.45, 2.75) is 20.3 Å². The molecule has 4 aromatic carbocycles. The normalized spacial score (nSPS) is 11.2. The van der Waals surface area contributed by atoms with Gasteiger partial charge in [0.1, 0.15) is 18.1 Å². The molecule has 0 amide bonds. The van der Waals surface area contributed by atoms with E-state index in [0.717, 1.165) is 58.1 Å². The number of rotatable bonds is 10. The summed E-state index contributed by atoms with van der Waals surface area (Å²) in [7, 11) is 0. The van der Waals surface area contributed by atoms with Crippen molar-refractivity contribution < 1.29 is 14.3 Å². The number of ether oxygens (including phenoxy) is 2. The summed E-state index contributed by atoms with van der Waals surface area (Å²) in [4.78, 5) is 13.6. The van der Waals surface area contributed by atoms with E-state index in [1.807, 2.05) is 30.3 Å². The third-order valence-corrected chi connectivity index (χ3v) is 6.08. The molecular weight excluding hydrogens is 398 g/mol. The average Bonchev–Trinajstić information content (AvgIpc) is 2.84. The summed E-state index contributed by atoms with van der Waals surface area (Å²) in [6.07, 6.45) is 0.604. The Morgan fingerprint density at radius 1 is 0.750 bits per heavy atom. The van der Waals surface area contributed by atoms with Crippen LogP contribution in [-0.4, -0.2) is 37.6 Å². The summed E-state index contributed by atoms with van der Waals surface area (Å²) in [5.74, 6) is 1.46. The van der Waals surface area contributed by atoms with Gasteiger partial charge >= 0.3 is 0 Å². The van der Waals surface area contributed by atoms with E-state index in [-0.39, 0.29) is 0 Å². The first kappa shape index (κ1) is 21.8. The van der Waals surface area contributed by atoms with Crippen LogP contribution in [-0.2, 0) is 11.2 Å². The molecule has 0 heterocycles. The van der Waals surface area contributed by atoms with Gasteiger partial charge in [-0.15, -0.1) is 0 Å². The van der Waals surface area contributed by atoms with E-state index >= 15 is 0 Å². The van der Waals surface area contributed by atoms with Gasteiger partial charge in [0.05, 0.1) is 0 Å². The second-order valence-electron chi connectivity index (χ2n) is 7.79. The number of carbonyl (C=O) groups excluding carboxylic acids is 1. The zero-order valence-corrected chi connectivity index (χ0v) is 18.7. The summed E-state index contributed by atoms with van der Waals surface area (Å²) in [5, 5.41) is 4.51. The molecule has 0 unspecified atom stereocenters. The Morgan fingerprint density at radius 3 is 1.91 bits per heavy atom. The molecule has 0 aromatic heterocycles. The molecule has 0 saturated carbocycles. The molecule has 0 atom stereocenters. The van der Waals surface area contributed by atoms with Gasteiger partial charge in [0, 0.05) is 24.1 Å². The molecular formula is C28H29NO3. The highest BCUT2D eigenvalue weighted by atomic mass is 16.5. The zero-order valence-electron chi connectivity index (χ0n) is 18.7. The molecule has 164 valence electrons. The summed E-state index contributed by atoms with van der Waals surface area (Å²) >= 11 is 0. The molecule has 0 radical (unpaired) electrons. The smallest absolute Gasteiger partial charge is 0.298 e. The molecule has 0 aliphatic carbocycles. The number of hydrogen-bond donors (Lipinski definition) is 0. The number of likely N-dealkylation sites (N-methyl/N-ethyl adjacent to an activating group) is 1. The summed E-state index contributed by atoms with van der Waals surface area (Å²) in [6, 6.07) is 24.6. The van der Waals surface area contributed by atoms with Crippen molar-refractivity contribution in [1.29, 1.82) is 0 Å². The van der Waals surface area contributed by atoms with Gasteiger partial charge in [-0.05, 0) is 46.8 Å². The van der Waals surface area contributed by atoms with E-state index < -0.39 is 0 Å². The zero-order chi connectivity index (χ0) is 22.3. The van der Waals surface area contributed by atoms with E-state index in [1.165, 1.54) is 0 Å². The molecule has 4 heteroatoms. The van der Waals surface area contributed by atoms with Crippen LogP contribution in [0.25, 0.3) is 21.5 Å². The van der Waals surface area contributed by atoms with Gasteiger partial charge in [0.2, 0.25) is 0 Å². The topological polar surface area (TPSA) is 38.8 Å². The van der Waals surface area contributed by atoms with Crippen LogP contribution in [0.1, 0.15) is 25.0 Å². The van der Waals surface area contributed by atoms with Crippen molar-refractivity contribution in [3.63, 3.8) is 0 Å². The summed E-state index contributed by atoms with van der Waals surface area (Å²) < 4.78 is 11.7. The van der Waals surface area contributed by atoms with Crippen LogP contribution in [0.3, 0.4) is 0 Å². The minimum atomic E-state index is 0.498. The van der Waals surface area contributed by atoms with Crippen molar-refractivity contribution in [1.82, 2.24) is 4.90 Å². The van der Waals surface area contributed by atoms with Gasteiger partial charge in [-0.3, -0.25) is 4.79 Å². The molecule has 0 aliphatic heterocycles. The van der Waals surface area contributed by atoms with Gasteiger partial charge in [0.15, 0.2) is 0 Å². The van der Waals surface area contributed by atoms with Crippen molar-refractivity contribution in [2.24, 2.45) is 0 Å². The van der Waals surface area contributed by atoms with Gasteiger partial charge < -0.3 is 14.4 Å². The summed E-state index contributed by atoms with van der Waals surface area (Å²) in [5.41, 5.74) is 2.09. The fourth-order valence-corrected chi connectivity index (χ4v) is 4.30. The monoisotopic (exact) mass is 427 g/mol. The molecule has 0 fully saturated rings. The summed E-state index contributed by atoms with van der Waals surface area (Å²) in [6.45, 7) is 8.35. The lowest BCUT2D eigenvalue weighted by Gasteiger charge is -2.20. The lowest BCUT2D eigenvalue weighted by molar-refractivity contribution is -0.120. The first-order valence-corrected chi connectivity index (χ1v) is 11.2. The van der Waals surface area contributed by atoms with Crippen molar-refractivity contribution in [3.05, 3.63) is 83.9 Å². The Balaban J connectivity index is 1.78. The SMILES string of the molecule is CCN(CC)CCOc1ccc2ccccc2c1Cc1c(OC=O)ccc2ccccc12. The Morgan fingerprint density at radius 2 is 1.31 bits per heavy atom. The van der Waals surface area contributed by atoms with Crippen LogP contribution in [0.15, 0.2) is 72.8 Å². The van der Waals surface area contributed by atoms with Crippen molar-refractivity contribution >= 4 is 28.0 Å². The van der Waals surface area contributed by atoms with Crippen LogP contribution in [0.2, 0.25) is 0 Å². The maximum absolute atomic E-state index is 11.2. The quantitative estimate of drug-likeness (QED) is 0.298. The van der Waals surface area contributed by atoms with E-state index in [1.54, 1.807) is 0 Å². The largest absolute Gasteiger partial charge is 0.492 e. The van der Waals surface area contributed by atoms with Crippen LogP contribution in [0.5, 0.6) is 11.5 Å². The van der Waals surface area contributed by atoms with Crippen LogP contribution >= 0.6 is 0 Å². The van der Waals surface area contributed by atoms with Gasteiger partial charge in [-0.1, -0.05) is 74.5 Å². The molecule has 0 N–H and O–H groups in total. The maximum Gasteiger partial charge on any atom is 0.298 e. The van der Waals surface area contributed by atoms with Crippen LogP contribution in [0, 0.1) is 0 Å². The molecule has 4 nitrogen and oxygen atoms in total. The molecule has 4 rings (SSSR count). The first-order chi connectivity index (χ1) is 15.7. The van der Waals surface area contributed by atoms with Gasteiger partial charge in [-0.2, -0.15) is 0 Å². The number of fused-ring (bicyclic) bond motifs is 2. The fraction of sp³-hybridized carbons (Fsp3) is 0.250. The lowest BCUT2D eigenvalue weighted by atomic mass is 9.93. The van der Waals surface area contributed by atoms with E-state index in [9.17, 15) is 4.79 Å². The highest BCUT2D eigenvalue weighted by molar-refractivity contribution is 5.91. The van der Waals surface area contributed by atoms with Gasteiger partial charge in [0.25, 0.3) is 6.47 Å². The third kappa shape index (κ3) is 4.61. The number of hydrogen-bond acceptors (Lipinski definition) is 4. The minimum absolute atomic E-state index is 0.498. The highest BCUT2D eigenvalue weighted by Crippen LogP contribution is 2.36. The maximum atomic E-state index is 11.2. The standard InChI is InChI=1S/C28H29NO3/c1-3-29(4-2)17-18-31-27-15-13-21-9-5-7-11-23(21)25(27)19-26-24-12-8-6-10-22(24)14-16-28(26)32-20-30/h5-16,20H,3-4,17-19H2,1-2H3. The van der Waals surface area contributed by atoms with Gasteiger partial charge in [-0.25, -0.2) is 0 Å². The van der Waals surface area contributed by atoms with E-state index in [2.05, 4.69) is 61.2 Å². The Kier molecular flexibility index (Phi) is 7.03. The van der Waals surface area contributed by atoms with Crippen molar-refractivity contribution in [3.8, 4) is 11.5 Å². The second kappa shape index (κ2) is 10.3. The fourth-order valence-electron chi connectivity index (χ4n) is 4.30. The number of nitrogens with zero attached hydrogens (tertiary/aromatic N) is 1. The first-order valence-electron chi connectivity index (χ1n) is 11.2. The van der Waals surface area contributed by atoms with Crippen LogP contribution < -0.4 is 9.47 Å². The van der Waals surface area contributed by atoms with Crippen molar-refractivity contribution in [2.75, 3.05) is 26.2 Å². The number of carbonyl (C=O) groups is 1.